The van der Waals surface area contributed by atoms with Gasteiger partial charge in [0.1, 0.15) is 17.0 Å². The van der Waals surface area contributed by atoms with E-state index in [1.807, 2.05) is 67.0 Å². The molecule has 10 nitrogen and oxygen atoms in total. The van der Waals surface area contributed by atoms with Gasteiger partial charge in [-0.05, 0) is 162 Å². The predicted molar refractivity (Wildman–Crippen MR) is 524 cm³/mol. The van der Waals surface area contributed by atoms with Crippen LogP contribution in [0.5, 0.6) is 0 Å². The molecule has 0 unspecified atom stereocenters. The maximum atomic E-state index is 14.4. The molecule has 0 atom stereocenters. The number of halogens is 1. The predicted octanol–water partition coefficient (Wildman–Crippen LogP) is 30.2. The molecule has 0 aliphatic heterocycles. The molecule has 128 heavy (non-hydrogen) atoms. The van der Waals surface area contributed by atoms with E-state index < -0.39 is 0 Å². The van der Waals surface area contributed by atoms with Crippen LogP contribution in [0.3, 0.4) is 0 Å². The standard InChI is InChI=1S/C41H29N3.C38H24FN3.C38H23N3O/c1-41(2)34-13-7-5-11-31(34)32-21-19-29(25-35(32)41)26-15-17-28(18-16-26)36-23-24-42-40(43-36)44-37-14-8-6-12-33(37)39-30-10-4-3-9-27(30)20-22-38(39)44;39-31-18-20-36-34(24-31)33-19-17-28-9-4-5-12-32(28)37(33)42(36)38-40-22-21-35(41-38)30-11-6-10-29(23-30)27-15-13-26(14-16-27)25-7-2-1-3-8-25;1-2-12-27-24(9-1)19-20-31-29-13-3-5-17-34(29)41(36(27)31)38-39-22-21-33(40-38)26-11-7-10-25(23-26)28-15-8-16-32-30-14-4-6-18-35(30)42-37(28)32/h3-25H,1-2H3;1-24H;1-23H. The summed E-state index contributed by atoms with van der Waals surface area (Å²) in [6, 6.07) is 141. The van der Waals surface area contributed by atoms with Gasteiger partial charge in [0.25, 0.3) is 0 Å². The van der Waals surface area contributed by atoms with Crippen molar-refractivity contribution in [3.05, 3.63) is 442 Å². The number of hydrogen-bond donors (Lipinski definition) is 0. The highest BCUT2D eigenvalue weighted by molar-refractivity contribution is 6.22. The molecule has 7 aromatic heterocycles. The van der Waals surface area contributed by atoms with Crippen LogP contribution in [0.1, 0.15) is 25.0 Å². The summed E-state index contributed by atoms with van der Waals surface area (Å²) in [5.41, 5.74) is 28.4. The summed E-state index contributed by atoms with van der Waals surface area (Å²) in [6.45, 7) is 4.66. The van der Waals surface area contributed by atoms with Crippen molar-refractivity contribution < 1.29 is 8.81 Å². The molecule has 25 aromatic rings. The lowest BCUT2D eigenvalue weighted by Crippen LogP contribution is -2.14. The Morgan fingerprint density at radius 2 is 0.672 bits per heavy atom. The Labute approximate surface area is 735 Å². The minimum absolute atomic E-state index is 0.0155. The lowest BCUT2D eigenvalue weighted by atomic mass is 9.81. The lowest BCUT2D eigenvalue weighted by molar-refractivity contribution is 0.629. The monoisotopic (exact) mass is 1640 g/mol. The van der Waals surface area contributed by atoms with Crippen molar-refractivity contribution in [1.29, 1.82) is 0 Å². The van der Waals surface area contributed by atoms with E-state index in [1.165, 1.54) is 93.7 Å². The maximum Gasteiger partial charge on any atom is 0.235 e. The number of fused-ring (bicyclic) bond motifs is 21. The molecule has 26 rings (SSSR count). The summed E-state index contributed by atoms with van der Waals surface area (Å²) in [5, 5.41) is 15.9. The van der Waals surface area contributed by atoms with E-state index in [4.69, 9.17) is 34.3 Å². The Morgan fingerprint density at radius 1 is 0.250 bits per heavy atom. The van der Waals surface area contributed by atoms with Crippen LogP contribution in [0, 0.1) is 5.82 Å². The van der Waals surface area contributed by atoms with Gasteiger partial charge in [-0.25, -0.2) is 34.3 Å². The second kappa shape index (κ2) is 30.6. The van der Waals surface area contributed by atoms with Crippen molar-refractivity contribution in [3.63, 3.8) is 0 Å². The van der Waals surface area contributed by atoms with Gasteiger partial charge in [0.15, 0.2) is 0 Å². The number of rotatable bonds is 10. The molecule has 7 heterocycles. The fraction of sp³-hybridized carbons (Fsp3) is 0.0256. The quantitative estimate of drug-likeness (QED) is 0.134. The van der Waals surface area contributed by atoms with E-state index >= 15 is 0 Å². The van der Waals surface area contributed by atoms with E-state index in [2.05, 4.69) is 367 Å². The molecule has 0 radical (unpaired) electrons. The zero-order valence-corrected chi connectivity index (χ0v) is 69.7. The Kier molecular flexibility index (Phi) is 17.9. The Balaban J connectivity index is 0.000000107. The van der Waals surface area contributed by atoms with E-state index in [1.54, 1.807) is 12.3 Å². The number of para-hydroxylation sites is 4. The molecule has 11 heteroatoms. The Hall–Kier alpha value is -16.9. The average molecular weight is 1640 g/mol. The van der Waals surface area contributed by atoms with Crippen molar-refractivity contribution in [1.82, 2.24) is 43.6 Å². The van der Waals surface area contributed by atoms with Crippen LogP contribution in [-0.2, 0) is 5.41 Å². The van der Waals surface area contributed by atoms with Gasteiger partial charge in [-0.1, -0.05) is 341 Å². The van der Waals surface area contributed by atoms with Gasteiger partial charge in [0.2, 0.25) is 17.8 Å². The first-order chi connectivity index (χ1) is 63.1. The molecule has 0 amide bonds. The van der Waals surface area contributed by atoms with Crippen LogP contribution in [0.4, 0.5) is 4.39 Å². The highest BCUT2D eigenvalue weighted by atomic mass is 19.1. The van der Waals surface area contributed by atoms with Crippen LogP contribution in [-0.4, -0.2) is 43.6 Å². The van der Waals surface area contributed by atoms with Crippen LogP contribution in [0.25, 0.3) is 227 Å². The number of nitrogens with zero attached hydrogens (tertiary/aromatic N) is 9. The summed E-state index contributed by atoms with van der Waals surface area (Å²) in [7, 11) is 0. The summed E-state index contributed by atoms with van der Waals surface area (Å²) in [5.74, 6) is 1.61. The normalized spacial score (nSPS) is 12.2. The molecule has 0 saturated heterocycles. The van der Waals surface area contributed by atoms with Crippen molar-refractivity contribution in [3.8, 4) is 107 Å². The van der Waals surface area contributed by atoms with Gasteiger partial charge in [0, 0.05) is 100 Å². The van der Waals surface area contributed by atoms with Gasteiger partial charge in [-0.2, -0.15) is 0 Å². The first kappa shape index (κ1) is 74.9. The number of aromatic nitrogens is 9. The van der Waals surface area contributed by atoms with Gasteiger partial charge >= 0.3 is 0 Å². The smallest absolute Gasteiger partial charge is 0.235 e. The highest BCUT2D eigenvalue weighted by Gasteiger charge is 2.35. The number of hydrogen-bond acceptors (Lipinski definition) is 7. The third-order valence-electron chi connectivity index (χ3n) is 25.7. The van der Waals surface area contributed by atoms with Gasteiger partial charge < -0.3 is 4.42 Å². The molecule has 0 N–H and O–H groups in total. The van der Waals surface area contributed by atoms with E-state index in [0.717, 1.165) is 133 Å². The topological polar surface area (TPSA) is 105 Å². The van der Waals surface area contributed by atoms with Crippen molar-refractivity contribution in [2.45, 2.75) is 19.3 Å². The maximum absolute atomic E-state index is 14.4. The first-order valence-corrected chi connectivity index (χ1v) is 43.2. The zero-order valence-electron chi connectivity index (χ0n) is 69.7. The summed E-state index contributed by atoms with van der Waals surface area (Å²) in [4.78, 5) is 29.6. The molecular formula is C117H76FN9O. The molecule has 0 bridgehead atoms. The minimum atomic E-state index is -0.266. The molecule has 0 saturated carbocycles. The molecule has 18 aromatic carbocycles. The number of benzene rings is 18. The summed E-state index contributed by atoms with van der Waals surface area (Å²) < 4.78 is 27.2. The molecule has 1 aliphatic carbocycles. The molecule has 0 spiro atoms. The molecule has 0 fully saturated rings. The van der Waals surface area contributed by atoms with Crippen molar-refractivity contribution in [2.75, 3.05) is 0 Å². The van der Waals surface area contributed by atoms with Crippen molar-refractivity contribution in [2.24, 2.45) is 0 Å². The Morgan fingerprint density at radius 3 is 1.34 bits per heavy atom. The van der Waals surface area contributed by atoms with E-state index in [9.17, 15) is 4.39 Å². The second-order valence-electron chi connectivity index (χ2n) is 33.4. The van der Waals surface area contributed by atoms with Gasteiger partial charge in [0.05, 0.1) is 50.2 Å². The fourth-order valence-corrected chi connectivity index (χ4v) is 19.6. The van der Waals surface area contributed by atoms with Crippen LogP contribution in [0.15, 0.2) is 429 Å². The fourth-order valence-electron chi connectivity index (χ4n) is 19.6. The van der Waals surface area contributed by atoms with Gasteiger partial charge in [-0.3, -0.25) is 13.7 Å². The van der Waals surface area contributed by atoms with Gasteiger partial charge in [-0.15, -0.1) is 0 Å². The van der Waals surface area contributed by atoms with Crippen LogP contribution in [0.2, 0.25) is 0 Å². The molecule has 602 valence electrons. The average Bonchev–Trinajstić information content (AvgIpc) is 1.57. The summed E-state index contributed by atoms with van der Waals surface area (Å²) >= 11 is 0. The van der Waals surface area contributed by atoms with E-state index in [-0.39, 0.29) is 11.2 Å². The summed E-state index contributed by atoms with van der Waals surface area (Å²) in [6.07, 6.45) is 5.52. The third kappa shape index (κ3) is 12.7. The van der Waals surface area contributed by atoms with Crippen LogP contribution < -0.4 is 0 Å². The number of furan rings is 1. The third-order valence-corrected chi connectivity index (χ3v) is 25.7. The minimum Gasteiger partial charge on any atom is -0.455 e. The molecule has 1 aliphatic rings. The highest BCUT2D eigenvalue weighted by Crippen LogP contribution is 2.51. The van der Waals surface area contributed by atoms with Crippen molar-refractivity contribution >= 4 is 120 Å². The first-order valence-electron chi connectivity index (χ1n) is 43.2. The molecular weight excluding hydrogens is 1570 g/mol. The van der Waals surface area contributed by atoms with E-state index in [0.29, 0.717) is 17.8 Å². The lowest BCUT2D eigenvalue weighted by Gasteiger charge is -2.22. The van der Waals surface area contributed by atoms with Crippen LogP contribution >= 0.6 is 0 Å². The SMILES string of the molecule is CC1(C)c2ccccc2-c2ccc(-c3ccc(-c4ccnc(-n5c6ccccc6c6c7ccccc7ccc65)n4)cc3)cc21.Fc1ccc2c(c1)c1ccc3ccccc3c1n2-c1nccc(-c2cccc(-c3ccc(-c4ccccc4)cc3)c2)n1.c1cc(-c2ccnc(-n3c4ccccc4c4ccc5ccccc5c43)n2)cc(-c2cccc3c2oc2ccccc23)c1. The zero-order chi connectivity index (χ0) is 85.1. The Bertz CT molecular complexity index is 8760. The largest absolute Gasteiger partial charge is 0.455 e. The second-order valence-corrected chi connectivity index (χ2v) is 33.4.